The van der Waals surface area contributed by atoms with Crippen LogP contribution in [0.3, 0.4) is 0 Å². The number of halogens is 1. The second-order valence-electron chi connectivity index (χ2n) is 4.65. The third kappa shape index (κ3) is 4.09. The van der Waals surface area contributed by atoms with Gasteiger partial charge in [0.05, 0.1) is 17.3 Å². The highest BCUT2D eigenvalue weighted by Crippen LogP contribution is 2.26. The zero-order chi connectivity index (χ0) is 14.5. The molecular formula is C16H18ClNOS. The molecule has 0 bridgehead atoms. The van der Waals surface area contributed by atoms with E-state index in [1.165, 1.54) is 5.56 Å². The number of anilines is 1. The number of rotatable bonds is 5. The fourth-order valence-electron chi connectivity index (χ4n) is 1.77. The number of benzene rings is 2. The summed E-state index contributed by atoms with van der Waals surface area (Å²) in [5, 5.41) is 0.602. The summed E-state index contributed by atoms with van der Waals surface area (Å²) in [4.78, 5) is 1.11. The van der Waals surface area contributed by atoms with Gasteiger partial charge in [-0.2, -0.15) is 0 Å². The number of nitrogens with two attached hydrogens (primary N) is 1. The Balaban J connectivity index is 1.84. The molecule has 0 heterocycles. The van der Waals surface area contributed by atoms with E-state index in [1.54, 1.807) is 11.8 Å². The molecule has 4 heteroatoms. The van der Waals surface area contributed by atoms with Gasteiger partial charge < -0.3 is 10.5 Å². The van der Waals surface area contributed by atoms with E-state index in [9.17, 15) is 0 Å². The van der Waals surface area contributed by atoms with E-state index < -0.39 is 0 Å². The normalized spacial score (nSPS) is 10.6. The number of hydrogen-bond acceptors (Lipinski definition) is 3. The van der Waals surface area contributed by atoms with Crippen LogP contribution in [0.4, 0.5) is 5.69 Å². The van der Waals surface area contributed by atoms with Crippen molar-refractivity contribution in [2.45, 2.75) is 18.7 Å². The number of nitrogen functional groups attached to an aromatic ring is 1. The smallest absolute Gasteiger partial charge is 0.122 e. The van der Waals surface area contributed by atoms with Gasteiger partial charge in [-0.3, -0.25) is 0 Å². The molecular weight excluding hydrogens is 290 g/mol. The molecule has 0 unspecified atom stereocenters. The van der Waals surface area contributed by atoms with Crippen molar-refractivity contribution in [3.8, 4) is 5.75 Å². The summed E-state index contributed by atoms with van der Waals surface area (Å²) in [5.74, 6) is 1.83. The molecule has 2 aromatic rings. The average molecular weight is 308 g/mol. The predicted molar refractivity (Wildman–Crippen MR) is 88.0 cm³/mol. The molecule has 2 N–H and O–H groups in total. The lowest BCUT2D eigenvalue weighted by atomic mass is 10.1. The molecule has 0 spiro atoms. The van der Waals surface area contributed by atoms with Crippen LogP contribution in [0.5, 0.6) is 5.75 Å². The van der Waals surface area contributed by atoms with Gasteiger partial charge in [0.25, 0.3) is 0 Å². The molecule has 20 heavy (non-hydrogen) atoms. The Labute approximate surface area is 129 Å². The highest BCUT2D eigenvalue weighted by molar-refractivity contribution is 7.99. The summed E-state index contributed by atoms with van der Waals surface area (Å²) in [6.07, 6.45) is 0. The fourth-order valence-corrected chi connectivity index (χ4v) is 2.78. The van der Waals surface area contributed by atoms with E-state index in [4.69, 9.17) is 22.1 Å². The van der Waals surface area contributed by atoms with Crippen LogP contribution in [-0.4, -0.2) is 12.4 Å². The minimum absolute atomic E-state index is 0.602. The highest BCUT2D eigenvalue weighted by Gasteiger charge is 2.02. The van der Waals surface area contributed by atoms with Crippen LogP contribution in [0.2, 0.25) is 5.02 Å². The monoisotopic (exact) mass is 307 g/mol. The first-order chi connectivity index (χ1) is 9.56. The van der Waals surface area contributed by atoms with Gasteiger partial charge in [-0.25, -0.2) is 0 Å². The molecule has 0 atom stereocenters. The SMILES string of the molecule is Cc1ccc(C)c(OCCSc2ccc(N)c(Cl)c2)c1. The van der Waals surface area contributed by atoms with Gasteiger partial charge in [-0.05, 0) is 49.2 Å². The second-order valence-corrected chi connectivity index (χ2v) is 6.22. The van der Waals surface area contributed by atoms with Crippen molar-refractivity contribution in [1.29, 1.82) is 0 Å². The maximum absolute atomic E-state index is 5.99. The maximum atomic E-state index is 5.99. The Bertz CT molecular complexity index is 601. The fraction of sp³-hybridized carbons (Fsp3) is 0.250. The van der Waals surface area contributed by atoms with Crippen molar-refractivity contribution in [2.24, 2.45) is 0 Å². The van der Waals surface area contributed by atoms with E-state index in [-0.39, 0.29) is 0 Å². The van der Waals surface area contributed by atoms with Crippen molar-refractivity contribution in [2.75, 3.05) is 18.1 Å². The van der Waals surface area contributed by atoms with Crippen LogP contribution >= 0.6 is 23.4 Å². The standard InChI is InChI=1S/C16H18ClNOS/c1-11-3-4-12(2)16(9-11)19-7-8-20-13-5-6-15(18)14(17)10-13/h3-6,9-10H,7-8,18H2,1-2H3. The number of hydrogen-bond donors (Lipinski definition) is 1. The summed E-state index contributed by atoms with van der Waals surface area (Å²) in [7, 11) is 0. The topological polar surface area (TPSA) is 35.2 Å². The Kier molecular flexibility index (Phi) is 5.21. The average Bonchev–Trinajstić information content (AvgIpc) is 2.42. The van der Waals surface area contributed by atoms with Crippen molar-refractivity contribution >= 4 is 29.1 Å². The van der Waals surface area contributed by atoms with Crippen LogP contribution in [0.1, 0.15) is 11.1 Å². The molecule has 0 aliphatic carbocycles. The summed E-state index contributed by atoms with van der Waals surface area (Å²) in [6, 6.07) is 11.9. The molecule has 0 amide bonds. The van der Waals surface area contributed by atoms with Gasteiger partial charge in [-0.1, -0.05) is 23.7 Å². The molecule has 106 valence electrons. The molecule has 2 rings (SSSR count). The second kappa shape index (κ2) is 6.91. The Morgan fingerprint density at radius 3 is 2.70 bits per heavy atom. The summed E-state index contributed by atoms with van der Waals surface area (Å²) >= 11 is 7.70. The van der Waals surface area contributed by atoms with Crippen LogP contribution in [0, 0.1) is 13.8 Å². The third-order valence-electron chi connectivity index (χ3n) is 2.93. The lowest BCUT2D eigenvalue weighted by Crippen LogP contribution is -2.01. The van der Waals surface area contributed by atoms with Gasteiger partial charge in [0.15, 0.2) is 0 Å². The molecule has 2 aromatic carbocycles. The van der Waals surface area contributed by atoms with Crippen LogP contribution in [-0.2, 0) is 0 Å². The summed E-state index contributed by atoms with van der Waals surface area (Å²) in [5.41, 5.74) is 8.67. The lowest BCUT2D eigenvalue weighted by molar-refractivity contribution is 0.341. The minimum atomic E-state index is 0.602. The summed E-state index contributed by atoms with van der Waals surface area (Å²) < 4.78 is 5.81. The first-order valence-corrected chi connectivity index (χ1v) is 7.80. The van der Waals surface area contributed by atoms with Crippen molar-refractivity contribution in [3.05, 3.63) is 52.5 Å². The number of aryl methyl sites for hydroxylation is 2. The van der Waals surface area contributed by atoms with Crippen molar-refractivity contribution < 1.29 is 4.74 Å². The highest BCUT2D eigenvalue weighted by atomic mass is 35.5. The quantitative estimate of drug-likeness (QED) is 0.493. The van der Waals surface area contributed by atoms with Gasteiger partial charge in [0.2, 0.25) is 0 Å². The summed E-state index contributed by atoms with van der Waals surface area (Å²) in [6.45, 7) is 4.79. The third-order valence-corrected chi connectivity index (χ3v) is 4.21. The molecule has 2 nitrogen and oxygen atoms in total. The van der Waals surface area contributed by atoms with Gasteiger partial charge in [0.1, 0.15) is 5.75 Å². The van der Waals surface area contributed by atoms with Crippen molar-refractivity contribution in [1.82, 2.24) is 0 Å². The maximum Gasteiger partial charge on any atom is 0.122 e. The Morgan fingerprint density at radius 2 is 1.95 bits per heavy atom. The van der Waals surface area contributed by atoms with Crippen LogP contribution < -0.4 is 10.5 Å². The molecule has 0 aromatic heterocycles. The van der Waals surface area contributed by atoms with E-state index in [1.807, 2.05) is 18.2 Å². The predicted octanol–water partition coefficient (Wildman–Crippen LogP) is 4.71. The Morgan fingerprint density at radius 1 is 1.15 bits per heavy atom. The molecule has 0 aliphatic heterocycles. The van der Waals surface area contributed by atoms with E-state index in [2.05, 4.69) is 32.0 Å². The lowest BCUT2D eigenvalue weighted by Gasteiger charge is -2.10. The van der Waals surface area contributed by atoms with Crippen LogP contribution in [0.25, 0.3) is 0 Å². The minimum Gasteiger partial charge on any atom is -0.492 e. The van der Waals surface area contributed by atoms with Gasteiger partial charge in [-0.15, -0.1) is 11.8 Å². The number of thioether (sulfide) groups is 1. The zero-order valence-corrected chi connectivity index (χ0v) is 13.2. The molecule has 0 aliphatic rings. The number of ether oxygens (including phenoxy) is 1. The largest absolute Gasteiger partial charge is 0.492 e. The van der Waals surface area contributed by atoms with E-state index in [0.717, 1.165) is 22.0 Å². The van der Waals surface area contributed by atoms with E-state index >= 15 is 0 Å². The van der Waals surface area contributed by atoms with E-state index in [0.29, 0.717) is 17.3 Å². The molecule has 0 radical (unpaired) electrons. The van der Waals surface area contributed by atoms with Crippen LogP contribution in [0.15, 0.2) is 41.3 Å². The zero-order valence-electron chi connectivity index (χ0n) is 11.7. The molecule has 0 fully saturated rings. The van der Waals surface area contributed by atoms with Crippen molar-refractivity contribution in [3.63, 3.8) is 0 Å². The first kappa shape index (κ1) is 15.1. The van der Waals surface area contributed by atoms with Gasteiger partial charge >= 0.3 is 0 Å². The van der Waals surface area contributed by atoms with Gasteiger partial charge in [0, 0.05) is 10.6 Å². The molecule has 0 saturated carbocycles. The first-order valence-electron chi connectivity index (χ1n) is 6.44. The Hall–Kier alpha value is -1.32. The molecule has 0 saturated heterocycles.